The van der Waals surface area contributed by atoms with E-state index in [0.717, 1.165) is 6.42 Å². The molecule has 0 radical (unpaired) electrons. The number of hydrogen-bond acceptors (Lipinski definition) is 5. The minimum Gasteiger partial charge on any atom is -0.493 e. The van der Waals surface area contributed by atoms with E-state index in [1.54, 1.807) is 18.2 Å². The van der Waals surface area contributed by atoms with E-state index in [-0.39, 0.29) is 17.9 Å². The summed E-state index contributed by atoms with van der Waals surface area (Å²) in [5.41, 5.74) is 0.878. The van der Waals surface area contributed by atoms with Gasteiger partial charge in [-0.2, -0.15) is 0 Å². The third-order valence-electron chi connectivity index (χ3n) is 5.21. The molecule has 0 aromatic heterocycles. The van der Waals surface area contributed by atoms with E-state index in [1.165, 1.54) is 19.8 Å². The van der Waals surface area contributed by atoms with Gasteiger partial charge in [0.2, 0.25) is 5.75 Å². The van der Waals surface area contributed by atoms with Crippen LogP contribution in [0.1, 0.15) is 37.7 Å². The van der Waals surface area contributed by atoms with Crippen LogP contribution < -0.4 is 14.2 Å². The molecule has 0 bridgehead atoms. The van der Waals surface area contributed by atoms with Gasteiger partial charge < -0.3 is 14.2 Å². The summed E-state index contributed by atoms with van der Waals surface area (Å²) in [5, 5.41) is 0. The van der Waals surface area contributed by atoms with Gasteiger partial charge in [0.05, 0.1) is 19.8 Å². The molecule has 5 heteroatoms. The van der Waals surface area contributed by atoms with Crippen LogP contribution in [-0.4, -0.2) is 31.9 Å². The number of carbonyl (C=O) groups is 1. The number of ether oxygens (including phenoxy) is 3. The van der Waals surface area contributed by atoms with E-state index in [4.69, 9.17) is 14.2 Å². The van der Waals surface area contributed by atoms with Crippen LogP contribution in [0.4, 0.5) is 0 Å². The smallest absolute Gasteiger partial charge is 0.311 e. The summed E-state index contributed by atoms with van der Waals surface area (Å²) >= 11 is 0. The van der Waals surface area contributed by atoms with Crippen molar-refractivity contribution >= 4 is 12.2 Å². The number of rotatable bonds is 9. The molecular formula is C24H27NO4. The fraction of sp³-hybridized carbons (Fsp3) is 0.333. The molecule has 29 heavy (non-hydrogen) atoms. The van der Waals surface area contributed by atoms with Crippen LogP contribution in [0.3, 0.4) is 0 Å². The average molecular weight is 393 g/mol. The normalized spacial score (nSPS) is 18.4. The van der Waals surface area contributed by atoms with E-state index >= 15 is 0 Å². The van der Waals surface area contributed by atoms with Crippen LogP contribution in [0.25, 0.3) is 0 Å². The van der Waals surface area contributed by atoms with E-state index in [9.17, 15) is 4.79 Å². The van der Waals surface area contributed by atoms with Crippen molar-refractivity contribution in [1.82, 2.24) is 0 Å². The van der Waals surface area contributed by atoms with Gasteiger partial charge in [-0.15, -0.1) is 0 Å². The average Bonchev–Trinajstić information content (AvgIpc) is 3.21. The highest BCUT2D eigenvalue weighted by atomic mass is 16.6. The summed E-state index contributed by atoms with van der Waals surface area (Å²) in [6, 6.07) is 15.6. The first kappa shape index (κ1) is 20.6. The molecule has 0 saturated heterocycles. The molecule has 152 valence electrons. The fourth-order valence-corrected chi connectivity index (χ4v) is 3.66. The van der Waals surface area contributed by atoms with E-state index in [2.05, 4.69) is 30.1 Å². The monoisotopic (exact) mass is 393 g/mol. The highest BCUT2D eigenvalue weighted by Gasteiger charge is 2.31. The molecule has 2 aromatic carbocycles. The highest BCUT2D eigenvalue weighted by molar-refractivity contribution is 5.77. The molecule has 0 saturated carbocycles. The number of carbonyl (C=O) groups excluding carboxylic acids is 1. The summed E-state index contributed by atoms with van der Waals surface area (Å²) < 4.78 is 16.2. The Hall–Kier alpha value is -3.08. The molecule has 2 aromatic rings. The lowest BCUT2D eigenvalue weighted by molar-refractivity contribution is -0.134. The van der Waals surface area contributed by atoms with Crippen LogP contribution in [0.2, 0.25) is 0 Å². The zero-order valence-corrected chi connectivity index (χ0v) is 17.1. The maximum Gasteiger partial charge on any atom is 0.311 e. The Kier molecular flexibility index (Phi) is 6.70. The van der Waals surface area contributed by atoms with Crippen LogP contribution >= 0.6 is 0 Å². The summed E-state index contributed by atoms with van der Waals surface area (Å²) in [7, 11) is 3.06. The molecule has 2 atom stereocenters. The van der Waals surface area contributed by atoms with E-state index < -0.39 is 0 Å². The second-order valence-electron chi connectivity index (χ2n) is 7.22. The third kappa shape index (κ3) is 5.05. The molecule has 1 aliphatic heterocycles. The van der Waals surface area contributed by atoms with Crippen LogP contribution in [0, 0.1) is 0 Å². The maximum absolute atomic E-state index is 12.6. The van der Waals surface area contributed by atoms with Gasteiger partial charge in [-0.1, -0.05) is 49.4 Å². The number of para-hydroxylation sites is 1. The van der Waals surface area contributed by atoms with Gasteiger partial charge in [0.15, 0.2) is 11.5 Å². The number of nitrogens with zero attached hydrogens (tertiary/aromatic N) is 1. The highest BCUT2D eigenvalue weighted by Crippen LogP contribution is 2.38. The molecule has 1 heterocycles. The quantitative estimate of drug-likeness (QED) is 0.446. The first-order valence-electron chi connectivity index (χ1n) is 9.76. The van der Waals surface area contributed by atoms with Gasteiger partial charge in [0.1, 0.15) is 0 Å². The Balaban J connectivity index is 1.66. The Morgan fingerprint density at radius 2 is 1.72 bits per heavy atom. The van der Waals surface area contributed by atoms with Crippen molar-refractivity contribution in [2.45, 2.75) is 37.6 Å². The summed E-state index contributed by atoms with van der Waals surface area (Å²) in [6.07, 6.45) is 7.50. The zero-order valence-electron chi connectivity index (χ0n) is 17.1. The number of aliphatic imine (C=N–C) groups is 1. The lowest BCUT2D eigenvalue weighted by Crippen LogP contribution is -2.26. The molecule has 0 amide bonds. The SMILES string of the molecule is COc1cccc(OC)c1OC(=O)CCC1(CC(C)c2ccccc2)C=CC=N1. The Labute approximate surface area is 172 Å². The van der Waals surface area contributed by atoms with E-state index in [1.807, 2.05) is 30.5 Å². The first-order chi connectivity index (χ1) is 14.1. The first-order valence-corrected chi connectivity index (χ1v) is 9.76. The number of hydrogen-bond donors (Lipinski definition) is 0. The van der Waals surface area contributed by atoms with Crippen LogP contribution in [0.5, 0.6) is 17.2 Å². The van der Waals surface area contributed by atoms with Crippen LogP contribution in [0.15, 0.2) is 65.7 Å². The van der Waals surface area contributed by atoms with Crippen molar-refractivity contribution in [3.63, 3.8) is 0 Å². The number of esters is 1. The standard InChI is InChI=1S/C24H27NO4/c1-18(19-9-5-4-6-10-19)17-24(14-8-16-25-24)15-13-22(26)29-23-20(27-2)11-7-12-21(23)28-3/h4-12,14,16,18H,13,15,17H2,1-3H3. The number of benzene rings is 2. The van der Waals surface area contributed by atoms with Gasteiger partial charge in [-0.05, 0) is 42.5 Å². The molecule has 5 nitrogen and oxygen atoms in total. The summed E-state index contributed by atoms with van der Waals surface area (Å²) in [5.74, 6) is 1.21. The summed E-state index contributed by atoms with van der Waals surface area (Å²) in [6.45, 7) is 2.19. The Morgan fingerprint density at radius 3 is 2.31 bits per heavy atom. The van der Waals surface area contributed by atoms with Crippen molar-refractivity contribution in [3.8, 4) is 17.2 Å². The lowest BCUT2D eigenvalue weighted by Gasteiger charge is -2.27. The predicted molar refractivity (Wildman–Crippen MR) is 114 cm³/mol. The van der Waals surface area contributed by atoms with Gasteiger partial charge in [0, 0.05) is 12.6 Å². The second-order valence-corrected chi connectivity index (χ2v) is 7.22. The third-order valence-corrected chi connectivity index (χ3v) is 5.21. The second kappa shape index (κ2) is 9.41. The van der Waals surface area contributed by atoms with Crippen molar-refractivity contribution < 1.29 is 19.0 Å². The Morgan fingerprint density at radius 1 is 1.03 bits per heavy atom. The molecule has 0 aliphatic carbocycles. The molecule has 3 rings (SSSR count). The fourth-order valence-electron chi connectivity index (χ4n) is 3.66. The molecule has 0 spiro atoms. The van der Waals surface area contributed by atoms with Crippen molar-refractivity contribution in [1.29, 1.82) is 0 Å². The zero-order chi connectivity index (χ0) is 20.7. The van der Waals surface area contributed by atoms with Crippen molar-refractivity contribution in [3.05, 3.63) is 66.2 Å². The molecule has 0 N–H and O–H groups in total. The molecule has 0 fully saturated rings. The lowest BCUT2D eigenvalue weighted by atomic mass is 9.82. The summed E-state index contributed by atoms with van der Waals surface area (Å²) in [4.78, 5) is 17.3. The predicted octanol–water partition coefficient (Wildman–Crippen LogP) is 4.96. The van der Waals surface area contributed by atoms with Gasteiger partial charge in [-0.3, -0.25) is 9.79 Å². The van der Waals surface area contributed by atoms with Crippen LogP contribution in [-0.2, 0) is 4.79 Å². The van der Waals surface area contributed by atoms with Gasteiger partial charge in [0.25, 0.3) is 0 Å². The number of methoxy groups -OCH3 is 2. The number of allylic oxidation sites excluding steroid dienone is 1. The van der Waals surface area contributed by atoms with Gasteiger partial charge >= 0.3 is 5.97 Å². The topological polar surface area (TPSA) is 57.1 Å². The van der Waals surface area contributed by atoms with E-state index in [0.29, 0.717) is 29.6 Å². The maximum atomic E-state index is 12.6. The molecular weight excluding hydrogens is 366 g/mol. The minimum absolute atomic E-state index is 0.240. The molecule has 1 aliphatic rings. The van der Waals surface area contributed by atoms with Crippen molar-refractivity contribution in [2.75, 3.05) is 14.2 Å². The molecule has 2 unspecified atom stereocenters. The minimum atomic E-state index is -0.390. The van der Waals surface area contributed by atoms with Crippen molar-refractivity contribution in [2.24, 2.45) is 4.99 Å². The Bertz CT molecular complexity index is 855. The van der Waals surface area contributed by atoms with Gasteiger partial charge in [-0.25, -0.2) is 0 Å². The largest absolute Gasteiger partial charge is 0.493 e.